The number of carbonyl (C=O) groups excluding carboxylic acids is 1. The van der Waals surface area contributed by atoms with Crippen LogP contribution in [-0.4, -0.2) is 27.3 Å². The number of carbonyl (C=O) groups is 1. The Morgan fingerprint density at radius 1 is 1.18 bits per heavy atom. The van der Waals surface area contributed by atoms with E-state index in [1.165, 1.54) is 12.4 Å². The van der Waals surface area contributed by atoms with Gasteiger partial charge in [-0.05, 0) is 31.2 Å². The van der Waals surface area contributed by atoms with Crippen molar-refractivity contribution < 1.29 is 19.7 Å². The fraction of sp³-hybridized carbons (Fsp3) is 0.0952. The third-order valence-corrected chi connectivity index (χ3v) is 3.99. The maximum Gasteiger partial charge on any atom is 0.275 e. The van der Waals surface area contributed by atoms with Crippen molar-refractivity contribution in [2.45, 2.75) is 13.5 Å². The molecule has 7 nitrogen and oxygen atoms in total. The lowest BCUT2D eigenvalue weighted by molar-refractivity contribution is 0.0953. The molecule has 0 unspecified atom stereocenters. The number of amides is 1. The van der Waals surface area contributed by atoms with Crippen molar-refractivity contribution in [1.82, 2.24) is 10.4 Å². The number of hydrazone groups is 1. The van der Waals surface area contributed by atoms with E-state index in [0.717, 1.165) is 0 Å². The molecule has 0 fully saturated rings. The summed E-state index contributed by atoms with van der Waals surface area (Å²) < 4.78 is 5.77. The molecule has 0 bridgehead atoms. The highest BCUT2D eigenvalue weighted by molar-refractivity contribution is 5.97. The highest BCUT2D eigenvalue weighted by Crippen LogP contribution is 2.25. The Morgan fingerprint density at radius 2 is 1.89 bits per heavy atom. The van der Waals surface area contributed by atoms with Gasteiger partial charge in [-0.25, -0.2) is 5.43 Å². The summed E-state index contributed by atoms with van der Waals surface area (Å²) in [5, 5.41) is 23.4. The van der Waals surface area contributed by atoms with Gasteiger partial charge in [0.25, 0.3) is 5.91 Å². The van der Waals surface area contributed by atoms with Crippen LogP contribution < -0.4 is 10.2 Å². The number of aromatic hydroxyl groups is 1. The van der Waals surface area contributed by atoms with E-state index in [9.17, 15) is 15.0 Å². The van der Waals surface area contributed by atoms with Gasteiger partial charge in [-0.3, -0.25) is 9.78 Å². The number of nitrogens with zero attached hydrogens (tertiary/aromatic N) is 2. The Balaban J connectivity index is 1.78. The molecule has 0 saturated carbocycles. The van der Waals surface area contributed by atoms with Gasteiger partial charge in [0.2, 0.25) is 0 Å². The van der Waals surface area contributed by atoms with Crippen LogP contribution in [0.5, 0.6) is 17.2 Å². The first kappa shape index (κ1) is 19.1. The summed E-state index contributed by atoms with van der Waals surface area (Å²) in [5.41, 5.74) is 3.80. The number of hydrogen-bond acceptors (Lipinski definition) is 6. The van der Waals surface area contributed by atoms with Crippen molar-refractivity contribution in [2.24, 2.45) is 5.10 Å². The van der Waals surface area contributed by atoms with Gasteiger partial charge < -0.3 is 14.9 Å². The van der Waals surface area contributed by atoms with E-state index >= 15 is 0 Å². The lowest BCUT2D eigenvalue weighted by Gasteiger charge is -2.10. The van der Waals surface area contributed by atoms with Gasteiger partial charge in [0, 0.05) is 17.3 Å². The lowest BCUT2D eigenvalue weighted by atomic mass is 10.1. The van der Waals surface area contributed by atoms with Gasteiger partial charge in [-0.15, -0.1) is 0 Å². The van der Waals surface area contributed by atoms with Crippen LogP contribution in [0.2, 0.25) is 0 Å². The number of hydrogen-bond donors (Lipinski definition) is 3. The number of rotatable bonds is 6. The first-order valence-corrected chi connectivity index (χ1v) is 8.53. The number of pyridine rings is 1. The maximum atomic E-state index is 12.5. The minimum absolute atomic E-state index is 0.0997. The Kier molecular flexibility index (Phi) is 5.98. The first-order valence-electron chi connectivity index (χ1n) is 8.53. The van der Waals surface area contributed by atoms with E-state index in [2.05, 4.69) is 15.5 Å². The number of aromatic nitrogens is 1. The van der Waals surface area contributed by atoms with Crippen LogP contribution in [-0.2, 0) is 6.61 Å². The Morgan fingerprint density at radius 3 is 2.64 bits per heavy atom. The topological polar surface area (TPSA) is 104 Å². The van der Waals surface area contributed by atoms with Crippen molar-refractivity contribution in [3.05, 3.63) is 83.2 Å². The van der Waals surface area contributed by atoms with Gasteiger partial charge >= 0.3 is 0 Å². The first-order chi connectivity index (χ1) is 13.6. The van der Waals surface area contributed by atoms with E-state index in [1.807, 2.05) is 18.2 Å². The summed E-state index contributed by atoms with van der Waals surface area (Å²) in [6.07, 6.45) is 2.72. The third-order valence-electron chi connectivity index (χ3n) is 3.99. The molecule has 1 heterocycles. The molecule has 0 aliphatic heterocycles. The summed E-state index contributed by atoms with van der Waals surface area (Å²) in [5.74, 6) is 0.423. The number of aliphatic hydroxyl groups excluding tert-OH is 1. The maximum absolute atomic E-state index is 12.5. The molecular weight excluding hydrogens is 358 g/mol. The second kappa shape index (κ2) is 8.79. The number of benzene rings is 2. The summed E-state index contributed by atoms with van der Waals surface area (Å²) >= 11 is 0. The number of nitrogens with one attached hydrogen (secondary N) is 1. The van der Waals surface area contributed by atoms with Crippen LogP contribution in [0.4, 0.5) is 0 Å². The molecule has 0 spiro atoms. The number of aryl methyl sites for hydroxylation is 1. The molecule has 0 saturated heterocycles. The van der Waals surface area contributed by atoms with Gasteiger partial charge in [0.1, 0.15) is 17.2 Å². The van der Waals surface area contributed by atoms with Crippen molar-refractivity contribution in [1.29, 1.82) is 0 Å². The zero-order chi connectivity index (χ0) is 19.9. The molecule has 3 aromatic rings. The molecule has 1 amide bonds. The Labute approximate surface area is 162 Å². The molecule has 0 aliphatic rings. The largest absolute Gasteiger partial charge is 0.505 e. The van der Waals surface area contributed by atoms with Gasteiger partial charge in [0.15, 0.2) is 0 Å². The average Bonchev–Trinajstić information content (AvgIpc) is 2.72. The van der Waals surface area contributed by atoms with Crippen LogP contribution in [0, 0.1) is 6.92 Å². The fourth-order valence-electron chi connectivity index (χ4n) is 2.50. The molecule has 3 N–H and O–H groups in total. The van der Waals surface area contributed by atoms with E-state index in [-0.39, 0.29) is 12.4 Å². The van der Waals surface area contributed by atoms with Crippen LogP contribution in [0.25, 0.3) is 0 Å². The van der Waals surface area contributed by atoms with E-state index in [1.54, 1.807) is 43.3 Å². The summed E-state index contributed by atoms with van der Waals surface area (Å²) in [6.45, 7) is 1.31. The molecule has 28 heavy (non-hydrogen) atoms. The standard InChI is InChI=1S/C21H19N3O4/c1-14-20(26)18(15(13-25)11-22-14)12-23-24-21(27)17-9-5-6-10-19(17)28-16-7-3-2-4-8-16/h2-12,25-26H,13H2,1H3,(H,24,27)/b23-12+. The summed E-state index contributed by atoms with van der Waals surface area (Å²) in [7, 11) is 0. The van der Waals surface area contributed by atoms with Crippen LogP contribution in [0.1, 0.15) is 27.2 Å². The van der Waals surface area contributed by atoms with E-state index in [4.69, 9.17) is 4.74 Å². The van der Waals surface area contributed by atoms with E-state index in [0.29, 0.717) is 33.9 Å². The average molecular weight is 377 g/mol. The number of para-hydroxylation sites is 2. The second-order valence-electron chi connectivity index (χ2n) is 5.90. The zero-order valence-electron chi connectivity index (χ0n) is 15.2. The quantitative estimate of drug-likeness (QED) is 0.452. The molecule has 0 atom stereocenters. The minimum atomic E-state index is -0.474. The van der Waals surface area contributed by atoms with Crippen molar-refractivity contribution >= 4 is 12.1 Å². The zero-order valence-corrected chi connectivity index (χ0v) is 15.2. The number of aliphatic hydroxyl groups is 1. The van der Waals surface area contributed by atoms with Crippen molar-refractivity contribution in [3.63, 3.8) is 0 Å². The second-order valence-corrected chi connectivity index (χ2v) is 5.90. The van der Waals surface area contributed by atoms with Crippen molar-refractivity contribution in [3.8, 4) is 17.2 Å². The van der Waals surface area contributed by atoms with Crippen LogP contribution >= 0.6 is 0 Å². The smallest absolute Gasteiger partial charge is 0.275 e. The van der Waals surface area contributed by atoms with Gasteiger partial charge in [-0.2, -0.15) is 5.10 Å². The van der Waals surface area contributed by atoms with Crippen LogP contribution in [0.3, 0.4) is 0 Å². The summed E-state index contributed by atoms with van der Waals surface area (Å²) in [4.78, 5) is 16.5. The minimum Gasteiger partial charge on any atom is -0.505 e. The Hall–Kier alpha value is -3.71. The monoisotopic (exact) mass is 377 g/mol. The predicted molar refractivity (Wildman–Crippen MR) is 105 cm³/mol. The molecule has 2 aromatic carbocycles. The molecule has 142 valence electrons. The fourth-order valence-corrected chi connectivity index (χ4v) is 2.50. The highest BCUT2D eigenvalue weighted by Gasteiger charge is 2.13. The predicted octanol–water partition coefficient (Wildman–Crippen LogP) is 3.14. The molecule has 0 aliphatic carbocycles. The molecule has 3 rings (SSSR count). The normalized spacial score (nSPS) is 10.8. The van der Waals surface area contributed by atoms with Crippen molar-refractivity contribution in [2.75, 3.05) is 0 Å². The molecule has 1 aromatic heterocycles. The number of ether oxygens (including phenoxy) is 1. The lowest BCUT2D eigenvalue weighted by Crippen LogP contribution is -2.18. The van der Waals surface area contributed by atoms with E-state index < -0.39 is 5.91 Å². The van der Waals surface area contributed by atoms with Crippen LogP contribution in [0.15, 0.2) is 65.9 Å². The Bertz CT molecular complexity index is 1000. The molecular formula is C21H19N3O4. The molecule has 0 radical (unpaired) electrons. The highest BCUT2D eigenvalue weighted by atomic mass is 16.5. The SMILES string of the molecule is Cc1ncc(CO)c(/C=N/NC(=O)c2ccccc2Oc2ccccc2)c1O. The third kappa shape index (κ3) is 4.33. The molecule has 7 heteroatoms. The van der Waals surface area contributed by atoms with Gasteiger partial charge in [-0.1, -0.05) is 30.3 Å². The summed E-state index contributed by atoms with van der Waals surface area (Å²) in [6, 6.07) is 15.9. The van der Waals surface area contributed by atoms with Gasteiger partial charge in [0.05, 0.1) is 24.1 Å².